The molecule has 2 heterocycles. The number of nitrogens with zero attached hydrogens (tertiary/aromatic N) is 2. The van der Waals surface area contributed by atoms with E-state index in [2.05, 4.69) is 25.8 Å². The summed E-state index contributed by atoms with van der Waals surface area (Å²) in [5.41, 5.74) is 0. The quantitative estimate of drug-likeness (QED) is 0.808. The zero-order valence-electron chi connectivity index (χ0n) is 8.16. The van der Waals surface area contributed by atoms with Gasteiger partial charge in [-0.1, -0.05) is 11.6 Å². The number of halogens is 2. The van der Waals surface area contributed by atoms with Gasteiger partial charge in [0.1, 0.15) is 11.0 Å². The predicted molar refractivity (Wildman–Crippen MR) is 64.4 cm³/mol. The van der Waals surface area contributed by atoms with E-state index in [1.807, 2.05) is 6.07 Å². The van der Waals surface area contributed by atoms with Crippen molar-refractivity contribution in [3.8, 4) is 0 Å². The number of aliphatic hydroxyl groups is 1. The van der Waals surface area contributed by atoms with E-state index in [-0.39, 0.29) is 6.10 Å². The van der Waals surface area contributed by atoms with Gasteiger partial charge in [0, 0.05) is 13.1 Å². The first-order valence-corrected chi connectivity index (χ1v) is 6.09. The number of piperidine rings is 1. The largest absolute Gasteiger partial charge is 0.393 e. The molecule has 0 unspecified atom stereocenters. The summed E-state index contributed by atoms with van der Waals surface area (Å²) in [6.45, 7) is 1.65. The predicted octanol–water partition coefficient (Wildman–Crippen LogP) is 2.46. The maximum Gasteiger partial charge on any atom is 0.144 e. The first-order chi connectivity index (χ1) is 7.16. The summed E-state index contributed by atoms with van der Waals surface area (Å²) in [6.07, 6.45) is 1.42. The fourth-order valence-corrected chi connectivity index (χ4v) is 2.32. The number of rotatable bonds is 1. The lowest BCUT2D eigenvalue weighted by Crippen LogP contribution is -2.36. The Hall–Kier alpha value is -0.320. The third kappa shape index (κ3) is 2.62. The molecule has 5 heteroatoms. The number of aromatic nitrogens is 1. The van der Waals surface area contributed by atoms with Gasteiger partial charge in [-0.3, -0.25) is 0 Å². The normalized spacial score (nSPS) is 18.2. The average Bonchev–Trinajstić information content (AvgIpc) is 2.23. The first kappa shape index (κ1) is 11.2. The van der Waals surface area contributed by atoms with Crippen molar-refractivity contribution in [1.82, 2.24) is 4.98 Å². The molecule has 82 valence electrons. The minimum atomic E-state index is -0.167. The highest BCUT2D eigenvalue weighted by atomic mass is 79.9. The van der Waals surface area contributed by atoms with E-state index in [9.17, 15) is 5.11 Å². The molecule has 0 atom stereocenters. The molecule has 1 aliphatic heterocycles. The van der Waals surface area contributed by atoms with Crippen molar-refractivity contribution < 1.29 is 5.11 Å². The maximum absolute atomic E-state index is 9.41. The highest BCUT2D eigenvalue weighted by Crippen LogP contribution is 2.28. The topological polar surface area (TPSA) is 36.4 Å². The second-order valence-electron chi connectivity index (χ2n) is 3.66. The van der Waals surface area contributed by atoms with E-state index in [0.29, 0.717) is 5.15 Å². The molecule has 1 aromatic rings. The Morgan fingerprint density at radius 3 is 2.73 bits per heavy atom. The lowest BCUT2D eigenvalue weighted by Gasteiger charge is -2.31. The highest BCUT2D eigenvalue weighted by molar-refractivity contribution is 9.10. The van der Waals surface area contributed by atoms with E-state index >= 15 is 0 Å². The number of hydrogen-bond donors (Lipinski definition) is 1. The second kappa shape index (κ2) is 4.68. The Labute approximate surface area is 102 Å². The van der Waals surface area contributed by atoms with Crippen LogP contribution in [0.5, 0.6) is 0 Å². The van der Waals surface area contributed by atoms with Gasteiger partial charge in [-0.25, -0.2) is 4.98 Å². The van der Waals surface area contributed by atoms with E-state index in [1.165, 1.54) is 0 Å². The van der Waals surface area contributed by atoms with E-state index in [0.717, 1.165) is 36.2 Å². The van der Waals surface area contributed by atoms with Crippen LogP contribution < -0.4 is 4.90 Å². The first-order valence-electron chi connectivity index (χ1n) is 4.92. The molecular weight excluding hydrogens is 279 g/mol. The van der Waals surface area contributed by atoms with Crippen LogP contribution in [0.3, 0.4) is 0 Å². The average molecular weight is 292 g/mol. The van der Waals surface area contributed by atoms with Crippen LogP contribution in [0, 0.1) is 0 Å². The van der Waals surface area contributed by atoms with Crippen molar-refractivity contribution in [2.75, 3.05) is 18.0 Å². The third-order valence-corrected chi connectivity index (χ3v) is 3.39. The van der Waals surface area contributed by atoms with Gasteiger partial charge >= 0.3 is 0 Å². The Balaban J connectivity index is 2.18. The molecule has 1 fully saturated rings. The molecular formula is C10H12BrClN2O. The Morgan fingerprint density at radius 2 is 2.07 bits per heavy atom. The van der Waals surface area contributed by atoms with Crippen LogP contribution in [0.15, 0.2) is 16.6 Å². The van der Waals surface area contributed by atoms with Gasteiger partial charge in [-0.15, -0.1) is 0 Å². The van der Waals surface area contributed by atoms with Crippen LogP contribution in [-0.4, -0.2) is 29.3 Å². The van der Waals surface area contributed by atoms with Crippen LogP contribution in [-0.2, 0) is 0 Å². The standard InChI is InChI=1S/C10H12BrClN2O/c11-8-1-2-9(12)13-10(8)14-5-3-7(15)4-6-14/h1-2,7,15H,3-6H2. The molecule has 1 aliphatic rings. The Bertz CT molecular complexity index is 353. The molecule has 0 amide bonds. The summed E-state index contributed by atoms with van der Waals surface area (Å²) in [4.78, 5) is 6.43. The molecule has 0 spiro atoms. The van der Waals surface area contributed by atoms with Crippen molar-refractivity contribution in [2.45, 2.75) is 18.9 Å². The van der Waals surface area contributed by atoms with E-state index < -0.39 is 0 Å². The molecule has 1 N–H and O–H groups in total. The SMILES string of the molecule is OC1CCN(c2nc(Cl)ccc2Br)CC1. The zero-order valence-corrected chi connectivity index (χ0v) is 10.5. The maximum atomic E-state index is 9.41. The van der Waals surface area contributed by atoms with Gasteiger partial charge in [0.25, 0.3) is 0 Å². The van der Waals surface area contributed by atoms with Crippen LogP contribution >= 0.6 is 27.5 Å². The summed E-state index contributed by atoms with van der Waals surface area (Å²) >= 11 is 9.31. The molecule has 0 saturated carbocycles. The van der Waals surface area contributed by atoms with Crippen LogP contribution in [0.2, 0.25) is 5.15 Å². The van der Waals surface area contributed by atoms with E-state index in [4.69, 9.17) is 11.6 Å². The van der Waals surface area contributed by atoms with Crippen molar-refractivity contribution in [3.63, 3.8) is 0 Å². The lowest BCUT2D eigenvalue weighted by atomic mass is 10.1. The van der Waals surface area contributed by atoms with Crippen molar-refractivity contribution in [2.24, 2.45) is 0 Å². The molecule has 3 nitrogen and oxygen atoms in total. The van der Waals surface area contributed by atoms with Crippen LogP contribution in [0.4, 0.5) is 5.82 Å². The van der Waals surface area contributed by atoms with Gasteiger partial charge in [0.05, 0.1) is 10.6 Å². The zero-order chi connectivity index (χ0) is 10.8. The van der Waals surface area contributed by atoms with Gasteiger partial charge in [0.2, 0.25) is 0 Å². The Kier molecular flexibility index (Phi) is 3.49. The van der Waals surface area contributed by atoms with Gasteiger partial charge < -0.3 is 10.0 Å². The summed E-state index contributed by atoms with van der Waals surface area (Å²) in [6, 6.07) is 3.66. The molecule has 0 radical (unpaired) electrons. The summed E-state index contributed by atoms with van der Waals surface area (Å²) < 4.78 is 0.947. The molecule has 1 saturated heterocycles. The van der Waals surface area contributed by atoms with Crippen LogP contribution in [0.25, 0.3) is 0 Å². The van der Waals surface area contributed by atoms with Crippen LogP contribution in [0.1, 0.15) is 12.8 Å². The fourth-order valence-electron chi connectivity index (χ4n) is 1.71. The molecule has 2 rings (SSSR count). The number of pyridine rings is 1. The number of aliphatic hydroxyl groups excluding tert-OH is 1. The van der Waals surface area contributed by atoms with E-state index in [1.54, 1.807) is 6.07 Å². The number of anilines is 1. The molecule has 0 bridgehead atoms. The van der Waals surface area contributed by atoms with Gasteiger partial charge in [0.15, 0.2) is 0 Å². The monoisotopic (exact) mass is 290 g/mol. The molecule has 1 aromatic heterocycles. The summed E-state index contributed by atoms with van der Waals surface area (Å²) in [5, 5.41) is 9.91. The Morgan fingerprint density at radius 1 is 1.40 bits per heavy atom. The second-order valence-corrected chi connectivity index (χ2v) is 4.90. The van der Waals surface area contributed by atoms with Crippen molar-refractivity contribution in [1.29, 1.82) is 0 Å². The minimum absolute atomic E-state index is 0.167. The molecule has 0 aliphatic carbocycles. The summed E-state index contributed by atoms with van der Waals surface area (Å²) in [7, 11) is 0. The molecule has 0 aromatic carbocycles. The smallest absolute Gasteiger partial charge is 0.144 e. The third-order valence-electron chi connectivity index (χ3n) is 2.56. The minimum Gasteiger partial charge on any atom is -0.393 e. The molecule has 15 heavy (non-hydrogen) atoms. The fraction of sp³-hybridized carbons (Fsp3) is 0.500. The summed E-state index contributed by atoms with van der Waals surface area (Å²) in [5.74, 6) is 0.870. The van der Waals surface area contributed by atoms with Crippen molar-refractivity contribution >= 4 is 33.3 Å². The number of hydrogen-bond acceptors (Lipinski definition) is 3. The van der Waals surface area contributed by atoms with Gasteiger partial charge in [-0.05, 0) is 40.9 Å². The van der Waals surface area contributed by atoms with Crippen molar-refractivity contribution in [3.05, 3.63) is 21.8 Å². The van der Waals surface area contributed by atoms with Gasteiger partial charge in [-0.2, -0.15) is 0 Å². The lowest BCUT2D eigenvalue weighted by molar-refractivity contribution is 0.145. The highest BCUT2D eigenvalue weighted by Gasteiger charge is 2.19.